The molecule has 3 heteroatoms. The van der Waals surface area contributed by atoms with Crippen LogP contribution in [-0.4, -0.2) is 5.91 Å². The summed E-state index contributed by atoms with van der Waals surface area (Å²) >= 11 is 5.97. The van der Waals surface area contributed by atoms with Gasteiger partial charge in [-0.05, 0) is 50.6 Å². The molecule has 0 saturated heterocycles. The van der Waals surface area contributed by atoms with Crippen molar-refractivity contribution in [2.75, 3.05) is 0 Å². The molecule has 1 atom stereocenters. The Labute approximate surface area is 124 Å². The lowest BCUT2D eigenvalue weighted by molar-refractivity contribution is 0.0939. The van der Waals surface area contributed by atoms with Crippen LogP contribution in [0.15, 0.2) is 42.5 Å². The van der Waals surface area contributed by atoms with Gasteiger partial charge in [0.2, 0.25) is 0 Å². The number of rotatable bonds is 3. The smallest absolute Gasteiger partial charge is 0.251 e. The largest absolute Gasteiger partial charge is 0.346 e. The molecule has 0 bridgehead atoms. The lowest BCUT2D eigenvalue weighted by Gasteiger charge is -2.15. The summed E-state index contributed by atoms with van der Waals surface area (Å²) in [5, 5.41) is 3.67. The van der Waals surface area contributed by atoms with E-state index in [0.717, 1.165) is 16.7 Å². The van der Waals surface area contributed by atoms with Crippen molar-refractivity contribution in [3.05, 3.63) is 69.7 Å². The number of aryl methyl sites for hydroxylation is 2. The standard InChI is InChI=1S/C17H18ClNO/c1-11-7-12(2)9-15(8-11)17(20)19-13(3)14-5-4-6-16(18)10-14/h4-10,13H,1-3H3,(H,19,20). The second kappa shape index (κ2) is 6.10. The monoisotopic (exact) mass is 287 g/mol. The number of amides is 1. The number of benzene rings is 2. The van der Waals surface area contributed by atoms with Gasteiger partial charge in [0, 0.05) is 10.6 Å². The van der Waals surface area contributed by atoms with Gasteiger partial charge in [-0.15, -0.1) is 0 Å². The maximum Gasteiger partial charge on any atom is 0.251 e. The third-order valence-corrected chi connectivity index (χ3v) is 3.42. The van der Waals surface area contributed by atoms with Crippen molar-refractivity contribution >= 4 is 17.5 Å². The number of hydrogen-bond donors (Lipinski definition) is 1. The van der Waals surface area contributed by atoms with Gasteiger partial charge in [-0.25, -0.2) is 0 Å². The number of nitrogens with one attached hydrogen (secondary N) is 1. The van der Waals surface area contributed by atoms with Crippen LogP contribution >= 0.6 is 11.6 Å². The Kier molecular flexibility index (Phi) is 4.46. The minimum Gasteiger partial charge on any atom is -0.346 e. The van der Waals surface area contributed by atoms with E-state index in [-0.39, 0.29) is 11.9 Å². The maximum atomic E-state index is 12.3. The van der Waals surface area contributed by atoms with Crippen LogP contribution in [0.3, 0.4) is 0 Å². The van der Waals surface area contributed by atoms with Crippen molar-refractivity contribution in [1.82, 2.24) is 5.32 Å². The molecule has 1 unspecified atom stereocenters. The van der Waals surface area contributed by atoms with E-state index >= 15 is 0 Å². The fourth-order valence-corrected chi connectivity index (χ4v) is 2.44. The summed E-state index contributed by atoms with van der Waals surface area (Å²) in [7, 11) is 0. The molecule has 0 fully saturated rings. The third-order valence-electron chi connectivity index (χ3n) is 3.18. The van der Waals surface area contributed by atoms with Gasteiger partial charge >= 0.3 is 0 Å². The maximum absolute atomic E-state index is 12.3. The Morgan fingerprint density at radius 3 is 2.35 bits per heavy atom. The molecule has 1 N–H and O–H groups in total. The predicted molar refractivity (Wildman–Crippen MR) is 83.2 cm³/mol. The SMILES string of the molecule is Cc1cc(C)cc(C(=O)NC(C)c2cccc(Cl)c2)c1. The second-order valence-electron chi connectivity index (χ2n) is 5.13. The molecule has 0 aliphatic carbocycles. The number of carbonyl (C=O) groups excluding carboxylic acids is 1. The fraction of sp³-hybridized carbons (Fsp3) is 0.235. The van der Waals surface area contributed by atoms with E-state index in [0.29, 0.717) is 10.6 Å². The van der Waals surface area contributed by atoms with Crippen LogP contribution in [0, 0.1) is 13.8 Å². The molecule has 2 aromatic rings. The van der Waals surface area contributed by atoms with E-state index in [1.165, 1.54) is 0 Å². The molecule has 2 aromatic carbocycles. The van der Waals surface area contributed by atoms with Gasteiger partial charge < -0.3 is 5.32 Å². The van der Waals surface area contributed by atoms with Gasteiger partial charge in [-0.3, -0.25) is 4.79 Å². The van der Waals surface area contributed by atoms with Crippen LogP contribution in [0.5, 0.6) is 0 Å². The Bertz CT molecular complexity index is 616. The zero-order valence-corrected chi connectivity index (χ0v) is 12.7. The zero-order valence-electron chi connectivity index (χ0n) is 11.9. The van der Waals surface area contributed by atoms with E-state index in [1.54, 1.807) is 0 Å². The summed E-state index contributed by atoms with van der Waals surface area (Å²) < 4.78 is 0. The van der Waals surface area contributed by atoms with Crippen molar-refractivity contribution in [3.63, 3.8) is 0 Å². The van der Waals surface area contributed by atoms with E-state index in [2.05, 4.69) is 11.4 Å². The summed E-state index contributed by atoms with van der Waals surface area (Å²) in [6.07, 6.45) is 0. The average molecular weight is 288 g/mol. The second-order valence-corrected chi connectivity index (χ2v) is 5.56. The average Bonchev–Trinajstić information content (AvgIpc) is 2.37. The third kappa shape index (κ3) is 3.61. The lowest BCUT2D eigenvalue weighted by Crippen LogP contribution is -2.26. The Hall–Kier alpha value is -1.80. The molecular formula is C17H18ClNO. The molecule has 20 heavy (non-hydrogen) atoms. The minimum absolute atomic E-state index is 0.0655. The van der Waals surface area contributed by atoms with E-state index in [9.17, 15) is 4.79 Å². The van der Waals surface area contributed by atoms with Crippen LogP contribution in [0.25, 0.3) is 0 Å². The number of carbonyl (C=O) groups is 1. The summed E-state index contributed by atoms with van der Waals surface area (Å²) in [6.45, 7) is 5.93. The van der Waals surface area contributed by atoms with Gasteiger partial charge in [-0.2, -0.15) is 0 Å². The summed E-state index contributed by atoms with van der Waals surface area (Å²) in [4.78, 5) is 12.3. The first kappa shape index (κ1) is 14.6. The van der Waals surface area contributed by atoms with Gasteiger partial charge in [0.1, 0.15) is 0 Å². The van der Waals surface area contributed by atoms with Crippen molar-refractivity contribution in [2.24, 2.45) is 0 Å². The molecule has 0 aliphatic heterocycles. The molecule has 0 heterocycles. The highest BCUT2D eigenvalue weighted by Gasteiger charge is 2.12. The molecule has 2 rings (SSSR count). The van der Waals surface area contributed by atoms with Crippen LogP contribution in [0.1, 0.15) is 40.0 Å². The topological polar surface area (TPSA) is 29.1 Å². The van der Waals surface area contributed by atoms with Gasteiger partial charge in [0.25, 0.3) is 5.91 Å². The number of hydrogen-bond acceptors (Lipinski definition) is 1. The Morgan fingerprint density at radius 1 is 1.10 bits per heavy atom. The first-order valence-electron chi connectivity index (χ1n) is 6.60. The molecule has 2 nitrogen and oxygen atoms in total. The summed E-state index contributed by atoms with van der Waals surface area (Å²) in [6, 6.07) is 13.3. The highest BCUT2D eigenvalue weighted by atomic mass is 35.5. The quantitative estimate of drug-likeness (QED) is 0.888. The number of halogens is 1. The molecule has 0 aliphatic rings. The van der Waals surface area contributed by atoms with E-state index in [4.69, 9.17) is 11.6 Å². The van der Waals surface area contributed by atoms with Crippen molar-refractivity contribution in [1.29, 1.82) is 0 Å². The van der Waals surface area contributed by atoms with Crippen LogP contribution in [-0.2, 0) is 0 Å². The normalized spacial score (nSPS) is 12.0. The molecule has 1 amide bonds. The fourth-order valence-electron chi connectivity index (χ4n) is 2.25. The molecule has 0 spiro atoms. The highest BCUT2D eigenvalue weighted by molar-refractivity contribution is 6.30. The van der Waals surface area contributed by atoms with Crippen molar-refractivity contribution < 1.29 is 4.79 Å². The van der Waals surface area contributed by atoms with Crippen LogP contribution in [0.4, 0.5) is 0 Å². The van der Waals surface area contributed by atoms with Crippen LogP contribution in [0.2, 0.25) is 5.02 Å². The van der Waals surface area contributed by atoms with Gasteiger partial charge in [0.15, 0.2) is 0 Å². The Balaban J connectivity index is 2.15. The van der Waals surface area contributed by atoms with Gasteiger partial charge in [0.05, 0.1) is 6.04 Å². The van der Waals surface area contributed by atoms with Crippen molar-refractivity contribution in [2.45, 2.75) is 26.8 Å². The van der Waals surface area contributed by atoms with Crippen LogP contribution < -0.4 is 5.32 Å². The van der Waals surface area contributed by atoms with Gasteiger partial charge in [-0.1, -0.05) is 40.9 Å². The van der Waals surface area contributed by atoms with Crippen molar-refractivity contribution in [3.8, 4) is 0 Å². The lowest BCUT2D eigenvalue weighted by atomic mass is 10.1. The molecule has 0 saturated carbocycles. The van der Waals surface area contributed by atoms with E-state index < -0.39 is 0 Å². The first-order valence-corrected chi connectivity index (χ1v) is 6.98. The molecular weight excluding hydrogens is 270 g/mol. The summed E-state index contributed by atoms with van der Waals surface area (Å²) in [5.41, 5.74) is 3.86. The minimum atomic E-state index is -0.0815. The Morgan fingerprint density at radius 2 is 1.75 bits per heavy atom. The zero-order chi connectivity index (χ0) is 14.7. The first-order chi connectivity index (χ1) is 9.45. The summed E-state index contributed by atoms with van der Waals surface area (Å²) in [5.74, 6) is -0.0655. The van der Waals surface area contributed by atoms with E-state index in [1.807, 2.05) is 57.2 Å². The molecule has 0 radical (unpaired) electrons. The molecule has 0 aromatic heterocycles. The highest BCUT2D eigenvalue weighted by Crippen LogP contribution is 2.18. The predicted octanol–water partition coefficient (Wildman–Crippen LogP) is 4.45. The molecule has 104 valence electrons.